The summed E-state index contributed by atoms with van der Waals surface area (Å²) in [6.07, 6.45) is 3.57. The van der Waals surface area contributed by atoms with E-state index in [-0.39, 0.29) is 17.9 Å². The van der Waals surface area contributed by atoms with Crippen molar-refractivity contribution in [1.82, 2.24) is 9.13 Å². The molecular weight excluding hydrogens is 216 g/mol. The van der Waals surface area contributed by atoms with Gasteiger partial charge < -0.3 is 9.13 Å². The molecule has 0 fully saturated rings. The van der Waals surface area contributed by atoms with Crippen molar-refractivity contribution < 1.29 is 4.79 Å². The average Bonchev–Trinajstić information content (AvgIpc) is 2.70. The van der Waals surface area contributed by atoms with Crippen molar-refractivity contribution in [2.75, 3.05) is 0 Å². The second-order valence-corrected chi connectivity index (χ2v) is 4.08. The lowest BCUT2D eigenvalue weighted by Gasteiger charge is -2.07. The van der Waals surface area contributed by atoms with Gasteiger partial charge in [-0.1, -0.05) is 6.07 Å². The second kappa shape index (κ2) is 4.41. The highest BCUT2D eigenvalue weighted by Gasteiger charge is 2.09. The number of rotatable bonds is 3. The molecule has 0 saturated carbocycles. The lowest BCUT2D eigenvalue weighted by Crippen LogP contribution is -2.25. The summed E-state index contributed by atoms with van der Waals surface area (Å²) in [6, 6.07) is 6.73. The smallest absolute Gasteiger partial charge is 0.251 e. The van der Waals surface area contributed by atoms with Crippen molar-refractivity contribution in [1.29, 1.82) is 0 Å². The summed E-state index contributed by atoms with van der Waals surface area (Å²) in [6.45, 7) is 1.91. The SMILES string of the molecule is Cc1cccc(=O)n1CC(=O)c1ccn(C)c1. The summed E-state index contributed by atoms with van der Waals surface area (Å²) >= 11 is 0. The van der Waals surface area contributed by atoms with Crippen LogP contribution in [0.1, 0.15) is 16.1 Å². The molecule has 0 N–H and O–H groups in total. The lowest BCUT2D eigenvalue weighted by atomic mass is 10.2. The average molecular weight is 230 g/mol. The van der Waals surface area contributed by atoms with Crippen molar-refractivity contribution in [3.63, 3.8) is 0 Å². The first-order valence-corrected chi connectivity index (χ1v) is 5.39. The third kappa shape index (κ3) is 2.36. The van der Waals surface area contributed by atoms with E-state index in [1.807, 2.05) is 30.8 Å². The molecular formula is C13H14N2O2. The molecule has 4 heteroatoms. The molecule has 0 aliphatic carbocycles. The van der Waals surface area contributed by atoms with Crippen LogP contribution < -0.4 is 5.56 Å². The van der Waals surface area contributed by atoms with E-state index in [0.29, 0.717) is 5.56 Å². The summed E-state index contributed by atoms with van der Waals surface area (Å²) in [4.78, 5) is 23.6. The van der Waals surface area contributed by atoms with E-state index in [9.17, 15) is 9.59 Å². The number of Topliss-reactive ketones (excluding diaryl/α,β-unsaturated/α-hetero) is 1. The number of hydrogen-bond donors (Lipinski definition) is 0. The van der Waals surface area contributed by atoms with E-state index >= 15 is 0 Å². The maximum absolute atomic E-state index is 12.0. The molecule has 0 amide bonds. The highest BCUT2D eigenvalue weighted by molar-refractivity contribution is 5.95. The maximum atomic E-state index is 12.0. The van der Waals surface area contributed by atoms with Crippen LogP contribution in [0.3, 0.4) is 0 Å². The van der Waals surface area contributed by atoms with E-state index in [1.54, 1.807) is 18.3 Å². The summed E-state index contributed by atoms with van der Waals surface area (Å²) in [5.74, 6) is -0.0537. The van der Waals surface area contributed by atoms with Gasteiger partial charge in [0.1, 0.15) is 0 Å². The zero-order valence-electron chi connectivity index (χ0n) is 9.88. The Morgan fingerprint density at radius 3 is 2.65 bits per heavy atom. The minimum absolute atomic E-state index is 0.0537. The van der Waals surface area contributed by atoms with Crippen LogP contribution >= 0.6 is 0 Å². The van der Waals surface area contributed by atoms with Gasteiger partial charge in [-0.2, -0.15) is 0 Å². The Hall–Kier alpha value is -2.10. The Bertz CT molecular complexity index is 608. The number of aryl methyl sites for hydroxylation is 2. The van der Waals surface area contributed by atoms with E-state index in [4.69, 9.17) is 0 Å². The summed E-state index contributed by atoms with van der Waals surface area (Å²) < 4.78 is 3.29. The molecule has 0 atom stereocenters. The molecule has 88 valence electrons. The van der Waals surface area contributed by atoms with Gasteiger partial charge in [-0.25, -0.2) is 0 Å². The molecule has 2 aromatic heterocycles. The first kappa shape index (κ1) is 11.4. The molecule has 0 spiro atoms. The van der Waals surface area contributed by atoms with Gasteiger partial charge in [-0.15, -0.1) is 0 Å². The molecule has 0 aliphatic heterocycles. The van der Waals surface area contributed by atoms with Gasteiger partial charge in [0.25, 0.3) is 5.56 Å². The summed E-state index contributed by atoms with van der Waals surface area (Å²) in [5, 5.41) is 0. The standard InChI is InChI=1S/C13H14N2O2/c1-10-4-3-5-13(17)15(10)9-12(16)11-6-7-14(2)8-11/h3-8H,9H2,1-2H3. The number of carbonyl (C=O) groups excluding carboxylic acids is 1. The number of aromatic nitrogens is 2. The number of ketones is 1. The molecule has 0 saturated heterocycles. The van der Waals surface area contributed by atoms with Crippen molar-refractivity contribution in [2.45, 2.75) is 13.5 Å². The van der Waals surface area contributed by atoms with Gasteiger partial charge in [0, 0.05) is 36.8 Å². The predicted octanol–water partition coefficient (Wildman–Crippen LogP) is 1.38. The van der Waals surface area contributed by atoms with Crippen LogP contribution in [0.5, 0.6) is 0 Å². The highest BCUT2D eigenvalue weighted by Crippen LogP contribution is 2.03. The fraction of sp³-hybridized carbons (Fsp3) is 0.231. The molecule has 17 heavy (non-hydrogen) atoms. The number of hydrogen-bond acceptors (Lipinski definition) is 2. The van der Waals surface area contributed by atoms with Crippen molar-refractivity contribution in [3.05, 3.63) is 58.3 Å². The molecule has 0 bridgehead atoms. The van der Waals surface area contributed by atoms with E-state index in [2.05, 4.69) is 0 Å². The zero-order chi connectivity index (χ0) is 12.4. The molecule has 2 aromatic rings. The van der Waals surface area contributed by atoms with Gasteiger partial charge in [0.2, 0.25) is 0 Å². The van der Waals surface area contributed by atoms with Gasteiger partial charge in [0.15, 0.2) is 5.78 Å². The Balaban J connectivity index is 2.28. The van der Waals surface area contributed by atoms with Crippen LogP contribution in [-0.2, 0) is 13.6 Å². The zero-order valence-corrected chi connectivity index (χ0v) is 9.88. The highest BCUT2D eigenvalue weighted by atomic mass is 16.1. The molecule has 0 aliphatic rings. The Kier molecular flexibility index (Phi) is 2.95. The van der Waals surface area contributed by atoms with Crippen LogP contribution in [0.4, 0.5) is 0 Å². The van der Waals surface area contributed by atoms with Crippen molar-refractivity contribution >= 4 is 5.78 Å². The van der Waals surface area contributed by atoms with Crippen molar-refractivity contribution in [2.24, 2.45) is 7.05 Å². The lowest BCUT2D eigenvalue weighted by molar-refractivity contribution is 0.0970. The number of nitrogens with zero attached hydrogens (tertiary/aromatic N) is 2. The first-order valence-electron chi connectivity index (χ1n) is 5.39. The molecule has 4 nitrogen and oxygen atoms in total. The topological polar surface area (TPSA) is 44.0 Å². The largest absolute Gasteiger partial charge is 0.357 e. The van der Waals surface area contributed by atoms with Gasteiger partial charge >= 0.3 is 0 Å². The third-order valence-electron chi connectivity index (χ3n) is 2.72. The molecule has 0 aromatic carbocycles. The quantitative estimate of drug-likeness (QED) is 0.748. The van der Waals surface area contributed by atoms with E-state index in [1.165, 1.54) is 10.6 Å². The minimum atomic E-state index is -0.144. The van der Waals surface area contributed by atoms with Crippen LogP contribution in [0.25, 0.3) is 0 Å². The first-order chi connectivity index (χ1) is 8.08. The van der Waals surface area contributed by atoms with Crippen LogP contribution in [0, 0.1) is 6.92 Å². The second-order valence-electron chi connectivity index (χ2n) is 4.08. The van der Waals surface area contributed by atoms with Crippen LogP contribution in [-0.4, -0.2) is 14.9 Å². The van der Waals surface area contributed by atoms with E-state index in [0.717, 1.165) is 5.69 Å². The molecule has 2 rings (SSSR count). The fourth-order valence-corrected chi connectivity index (χ4v) is 1.73. The normalized spacial score (nSPS) is 10.5. The van der Waals surface area contributed by atoms with Crippen LogP contribution in [0.15, 0.2) is 41.5 Å². The Labute approximate surface area is 99.1 Å². The predicted molar refractivity (Wildman–Crippen MR) is 65.2 cm³/mol. The number of carbonyl (C=O) groups is 1. The number of pyridine rings is 1. The Morgan fingerprint density at radius 2 is 2.06 bits per heavy atom. The van der Waals surface area contributed by atoms with E-state index < -0.39 is 0 Å². The molecule has 0 unspecified atom stereocenters. The fourth-order valence-electron chi connectivity index (χ4n) is 1.73. The van der Waals surface area contributed by atoms with Crippen molar-refractivity contribution in [3.8, 4) is 0 Å². The summed E-state index contributed by atoms with van der Waals surface area (Å²) in [5.41, 5.74) is 1.28. The Morgan fingerprint density at radius 1 is 1.29 bits per heavy atom. The van der Waals surface area contributed by atoms with Crippen LogP contribution in [0.2, 0.25) is 0 Å². The minimum Gasteiger partial charge on any atom is -0.357 e. The molecule has 2 heterocycles. The third-order valence-corrected chi connectivity index (χ3v) is 2.72. The van der Waals surface area contributed by atoms with Gasteiger partial charge in [-0.3, -0.25) is 9.59 Å². The van der Waals surface area contributed by atoms with Gasteiger partial charge in [0.05, 0.1) is 6.54 Å². The maximum Gasteiger partial charge on any atom is 0.251 e. The van der Waals surface area contributed by atoms with Gasteiger partial charge in [-0.05, 0) is 19.1 Å². The monoisotopic (exact) mass is 230 g/mol. The summed E-state index contributed by atoms with van der Waals surface area (Å²) in [7, 11) is 1.86. The molecule has 0 radical (unpaired) electrons.